The van der Waals surface area contributed by atoms with Gasteiger partial charge in [-0.05, 0) is 57.0 Å². The molecule has 0 aromatic heterocycles. The fourth-order valence-electron chi connectivity index (χ4n) is 3.87. The van der Waals surface area contributed by atoms with E-state index in [1.807, 2.05) is 24.3 Å². The number of likely N-dealkylation sites (N-methyl/N-ethyl adjacent to an activating group) is 1. The van der Waals surface area contributed by atoms with Crippen LogP contribution in [0.4, 0.5) is 0 Å². The Morgan fingerprint density at radius 2 is 1.80 bits per heavy atom. The van der Waals surface area contributed by atoms with Crippen LogP contribution < -0.4 is 4.74 Å². The lowest BCUT2D eigenvalue weighted by molar-refractivity contribution is 0.0570. The van der Waals surface area contributed by atoms with Crippen LogP contribution in [-0.4, -0.2) is 80.1 Å². The molecule has 0 unspecified atom stereocenters. The molecule has 0 spiro atoms. The average Bonchev–Trinajstić information content (AvgIpc) is 2.67. The lowest BCUT2D eigenvalue weighted by Crippen LogP contribution is -2.48. The van der Waals surface area contributed by atoms with E-state index in [1.165, 1.54) is 6.42 Å². The number of ether oxygens (including phenoxy) is 1. The monoisotopic (exact) mass is 345 g/mol. The third-order valence-electron chi connectivity index (χ3n) is 5.60. The number of carbonyl (C=O) groups is 1. The minimum Gasteiger partial charge on any atom is -0.497 e. The molecule has 1 aromatic rings. The van der Waals surface area contributed by atoms with Gasteiger partial charge in [0.05, 0.1) is 7.11 Å². The highest BCUT2D eigenvalue weighted by molar-refractivity contribution is 5.94. The predicted molar refractivity (Wildman–Crippen MR) is 100 cm³/mol. The number of hydrogen-bond acceptors (Lipinski definition) is 4. The van der Waals surface area contributed by atoms with Gasteiger partial charge in [-0.25, -0.2) is 0 Å². The third kappa shape index (κ3) is 4.73. The normalized spacial score (nSPS) is 22.8. The Bertz CT molecular complexity index is 553. The molecular weight excluding hydrogens is 314 g/mol. The Kier molecular flexibility index (Phi) is 6.32. The highest BCUT2D eigenvalue weighted by Crippen LogP contribution is 2.23. The maximum Gasteiger partial charge on any atom is 0.254 e. The molecule has 0 saturated carbocycles. The summed E-state index contributed by atoms with van der Waals surface area (Å²) in [5.74, 6) is 0.965. The van der Waals surface area contributed by atoms with Gasteiger partial charge in [0.25, 0.3) is 5.91 Å². The van der Waals surface area contributed by atoms with E-state index in [1.54, 1.807) is 7.11 Å². The molecule has 0 aliphatic carbocycles. The third-order valence-corrected chi connectivity index (χ3v) is 5.60. The number of nitrogens with zero attached hydrogens (tertiary/aromatic N) is 3. The zero-order valence-corrected chi connectivity index (χ0v) is 15.6. The fraction of sp³-hybridized carbons (Fsp3) is 0.650. The molecule has 5 heteroatoms. The number of piperidine rings is 1. The molecule has 1 amide bonds. The van der Waals surface area contributed by atoms with E-state index < -0.39 is 0 Å². The summed E-state index contributed by atoms with van der Waals surface area (Å²) in [7, 11) is 3.84. The average molecular weight is 345 g/mol. The summed E-state index contributed by atoms with van der Waals surface area (Å²) in [4.78, 5) is 20.0. The maximum atomic E-state index is 13.0. The van der Waals surface area contributed by atoms with Gasteiger partial charge in [-0.3, -0.25) is 4.79 Å². The Balaban J connectivity index is 1.58. The van der Waals surface area contributed by atoms with Crippen molar-refractivity contribution in [2.24, 2.45) is 0 Å². The Labute approximate surface area is 151 Å². The van der Waals surface area contributed by atoms with E-state index in [2.05, 4.69) is 21.7 Å². The van der Waals surface area contributed by atoms with E-state index in [4.69, 9.17) is 4.74 Å². The second kappa shape index (κ2) is 8.68. The van der Waals surface area contributed by atoms with Crippen molar-refractivity contribution in [3.63, 3.8) is 0 Å². The van der Waals surface area contributed by atoms with Crippen LogP contribution in [0.5, 0.6) is 5.75 Å². The molecule has 2 heterocycles. The molecule has 0 N–H and O–H groups in total. The smallest absolute Gasteiger partial charge is 0.254 e. The molecule has 0 bridgehead atoms. The van der Waals surface area contributed by atoms with Crippen LogP contribution in [0, 0.1) is 0 Å². The van der Waals surface area contributed by atoms with Gasteiger partial charge in [0.1, 0.15) is 5.75 Å². The summed E-state index contributed by atoms with van der Waals surface area (Å²) in [5, 5.41) is 0. The molecule has 1 atom stereocenters. The predicted octanol–water partition coefficient (Wildman–Crippen LogP) is 2.33. The maximum absolute atomic E-state index is 13.0. The van der Waals surface area contributed by atoms with Crippen LogP contribution in [-0.2, 0) is 0 Å². The molecule has 5 nitrogen and oxygen atoms in total. The van der Waals surface area contributed by atoms with Gasteiger partial charge < -0.3 is 19.4 Å². The molecule has 25 heavy (non-hydrogen) atoms. The van der Waals surface area contributed by atoms with E-state index in [9.17, 15) is 4.79 Å². The number of methoxy groups -OCH3 is 1. The first-order chi connectivity index (χ1) is 12.2. The van der Waals surface area contributed by atoms with Gasteiger partial charge in [-0.2, -0.15) is 0 Å². The summed E-state index contributed by atoms with van der Waals surface area (Å²) in [5.41, 5.74) is 0.771. The Hall–Kier alpha value is -1.59. The van der Waals surface area contributed by atoms with Crippen LogP contribution >= 0.6 is 0 Å². The van der Waals surface area contributed by atoms with Crippen LogP contribution in [0.1, 0.15) is 36.0 Å². The number of piperazine rings is 1. The van der Waals surface area contributed by atoms with Crippen LogP contribution in [0.25, 0.3) is 0 Å². The van der Waals surface area contributed by atoms with E-state index >= 15 is 0 Å². The SMILES string of the molecule is COc1ccc(C(=O)N2CCCC[C@@H]2CCN2CCN(C)CC2)cc1. The molecule has 1 aromatic carbocycles. The minimum absolute atomic E-state index is 0.172. The number of likely N-dealkylation sites (tertiary alicyclic amines) is 1. The van der Waals surface area contributed by atoms with Gasteiger partial charge in [0, 0.05) is 50.9 Å². The Morgan fingerprint density at radius 3 is 2.48 bits per heavy atom. The zero-order chi connectivity index (χ0) is 17.6. The van der Waals surface area contributed by atoms with Crippen molar-refractivity contribution in [2.75, 3.05) is 53.4 Å². The van der Waals surface area contributed by atoms with Gasteiger partial charge in [-0.15, -0.1) is 0 Å². The first-order valence-electron chi connectivity index (χ1n) is 9.53. The summed E-state index contributed by atoms with van der Waals surface area (Å²) in [6, 6.07) is 7.89. The van der Waals surface area contributed by atoms with Crippen molar-refractivity contribution < 1.29 is 9.53 Å². The lowest BCUT2D eigenvalue weighted by Gasteiger charge is -2.38. The number of carbonyl (C=O) groups excluding carboxylic acids is 1. The van der Waals surface area contributed by atoms with E-state index in [-0.39, 0.29) is 5.91 Å². The molecule has 138 valence electrons. The highest BCUT2D eigenvalue weighted by Gasteiger charge is 2.28. The number of amides is 1. The molecular formula is C20H31N3O2. The van der Waals surface area contributed by atoms with Crippen molar-refractivity contribution in [1.82, 2.24) is 14.7 Å². The molecule has 3 rings (SSSR count). The van der Waals surface area contributed by atoms with Crippen molar-refractivity contribution >= 4 is 5.91 Å². The summed E-state index contributed by atoms with van der Waals surface area (Å²) in [6.45, 7) is 6.59. The van der Waals surface area contributed by atoms with Crippen molar-refractivity contribution in [3.05, 3.63) is 29.8 Å². The molecule has 0 radical (unpaired) electrons. The largest absolute Gasteiger partial charge is 0.497 e. The van der Waals surface area contributed by atoms with Crippen LogP contribution in [0.3, 0.4) is 0 Å². The topological polar surface area (TPSA) is 36.0 Å². The molecule has 2 aliphatic heterocycles. The summed E-state index contributed by atoms with van der Waals surface area (Å²) < 4.78 is 5.19. The zero-order valence-electron chi connectivity index (χ0n) is 15.6. The van der Waals surface area contributed by atoms with Gasteiger partial charge in [0.2, 0.25) is 0 Å². The number of benzene rings is 1. The van der Waals surface area contributed by atoms with Crippen LogP contribution in [0.2, 0.25) is 0 Å². The second-order valence-corrected chi connectivity index (χ2v) is 7.31. The number of rotatable bonds is 5. The van der Waals surface area contributed by atoms with E-state index in [0.29, 0.717) is 6.04 Å². The lowest BCUT2D eigenvalue weighted by atomic mass is 9.97. The van der Waals surface area contributed by atoms with Crippen LogP contribution in [0.15, 0.2) is 24.3 Å². The summed E-state index contributed by atoms with van der Waals surface area (Å²) >= 11 is 0. The first-order valence-corrected chi connectivity index (χ1v) is 9.53. The van der Waals surface area contributed by atoms with Gasteiger partial charge >= 0.3 is 0 Å². The minimum atomic E-state index is 0.172. The molecule has 2 aliphatic rings. The standard InChI is InChI=1S/C20H31N3O2/c1-21-13-15-22(16-14-21)12-10-18-5-3-4-11-23(18)20(24)17-6-8-19(25-2)9-7-17/h6-9,18H,3-5,10-16H2,1-2H3/t18-/m1/s1. The highest BCUT2D eigenvalue weighted by atomic mass is 16.5. The molecule has 2 fully saturated rings. The van der Waals surface area contributed by atoms with Crippen molar-refractivity contribution in [3.8, 4) is 5.75 Å². The first kappa shape index (κ1) is 18.2. The van der Waals surface area contributed by atoms with Gasteiger partial charge in [0.15, 0.2) is 0 Å². The fourth-order valence-corrected chi connectivity index (χ4v) is 3.87. The van der Waals surface area contributed by atoms with Crippen molar-refractivity contribution in [2.45, 2.75) is 31.7 Å². The number of hydrogen-bond donors (Lipinski definition) is 0. The summed E-state index contributed by atoms with van der Waals surface area (Å²) in [6.07, 6.45) is 4.58. The van der Waals surface area contributed by atoms with Gasteiger partial charge in [-0.1, -0.05) is 0 Å². The van der Waals surface area contributed by atoms with E-state index in [0.717, 1.165) is 69.8 Å². The van der Waals surface area contributed by atoms with Crippen molar-refractivity contribution in [1.29, 1.82) is 0 Å². The Morgan fingerprint density at radius 1 is 1.08 bits per heavy atom. The quantitative estimate of drug-likeness (QED) is 0.821. The second-order valence-electron chi connectivity index (χ2n) is 7.31. The molecule has 2 saturated heterocycles.